The van der Waals surface area contributed by atoms with Gasteiger partial charge in [0.1, 0.15) is 12.0 Å². The van der Waals surface area contributed by atoms with Crippen molar-refractivity contribution >= 4 is 17.5 Å². The molecule has 2 N–H and O–H groups in total. The van der Waals surface area contributed by atoms with E-state index in [0.717, 1.165) is 0 Å². The van der Waals surface area contributed by atoms with Crippen LogP contribution in [-0.4, -0.2) is 52.7 Å². The van der Waals surface area contributed by atoms with E-state index in [1.807, 2.05) is 0 Å². The molecule has 0 atom stereocenters. The number of nitro benzene ring substituents is 1. The molecule has 1 aromatic heterocycles. The van der Waals surface area contributed by atoms with E-state index >= 15 is 0 Å². The molecule has 1 aromatic carbocycles. The molecule has 3 rings (SSSR count). The molecule has 1 aliphatic heterocycles. The summed E-state index contributed by atoms with van der Waals surface area (Å²) in [5.41, 5.74) is 6.24. The molecular weight excluding hydrogens is 340 g/mol. The third kappa shape index (κ3) is 3.57. The summed E-state index contributed by atoms with van der Waals surface area (Å²) in [5, 5.41) is 10.7. The Hall–Kier alpha value is -3.20. The SMILES string of the molecule is NCc1cc(C(=O)N2CCN(C(=O)c3ccc([N+](=O)[O-])cc3)CC2)co1. The van der Waals surface area contributed by atoms with Crippen LogP contribution in [0.4, 0.5) is 5.69 Å². The zero-order valence-corrected chi connectivity index (χ0v) is 14.0. The average molecular weight is 358 g/mol. The summed E-state index contributed by atoms with van der Waals surface area (Å²) in [6.45, 7) is 1.82. The summed E-state index contributed by atoms with van der Waals surface area (Å²) in [6, 6.07) is 7.12. The first kappa shape index (κ1) is 17.6. The van der Waals surface area contributed by atoms with Gasteiger partial charge in [0.25, 0.3) is 17.5 Å². The van der Waals surface area contributed by atoms with Crippen molar-refractivity contribution < 1.29 is 18.9 Å². The molecule has 0 radical (unpaired) electrons. The third-order valence-electron chi connectivity index (χ3n) is 4.28. The highest BCUT2D eigenvalue weighted by Gasteiger charge is 2.26. The number of hydrogen-bond acceptors (Lipinski definition) is 6. The molecule has 0 saturated carbocycles. The average Bonchev–Trinajstić information content (AvgIpc) is 3.16. The van der Waals surface area contributed by atoms with Gasteiger partial charge in [0, 0.05) is 43.9 Å². The van der Waals surface area contributed by atoms with Crippen LogP contribution in [0.3, 0.4) is 0 Å². The van der Waals surface area contributed by atoms with Crippen LogP contribution in [0.2, 0.25) is 0 Å². The molecule has 9 heteroatoms. The van der Waals surface area contributed by atoms with Gasteiger partial charge in [-0.2, -0.15) is 0 Å². The predicted octanol–water partition coefficient (Wildman–Crippen LogP) is 1.24. The van der Waals surface area contributed by atoms with E-state index in [-0.39, 0.29) is 24.0 Å². The van der Waals surface area contributed by atoms with Crippen molar-refractivity contribution in [3.05, 3.63) is 63.6 Å². The van der Waals surface area contributed by atoms with E-state index in [0.29, 0.717) is 43.1 Å². The first-order valence-electron chi connectivity index (χ1n) is 8.10. The van der Waals surface area contributed by atoms with Gasteiger partial charge < -0.3 is 20.0 Å². The third-order valence-corrected chi connectivity index (χ3v) is 4.28. The molecule has 2 aromatic rings. The van der Waals surface area contributed by atoms with Crippen molar-refractivity contribution in [3.63, 3.8) is 0 Å². The Labute approximate surface area is 149 Å². The predicted molar refractivity (Wildman–Crippen MR) is 91.5 cm³/mol. The molecule has 9 nitrogen and oxygen atoms in total. The number of nitro groups is 1. The molecular formula is C17H18N4O5. The summed E-state index contributed by atoms with van der Waals surface area (Å²) in [7, 11) is 0. The number of rotatable bonds is 4. The maximum Gasteiger partial charge on any atom is 0.269 e. The second-order valence-electron chi connectivity index (χ2n) is 5.89. The van der Waals surface area contributed by atoms with Crippen LogP contribution in [0.1, 0.15) is 26.5 Å². The van der Waals surface area contributed by atoms with Crippen molar-refractivity contribution in [2.24, 2.45) is 5.73 Å². The van der Waals surface area contributed by atoms with Crippen LogP contribution in [0.25, 0.3) is 0 Å². The Balaban J connectivity index is 1.59. The minimum atomic E-state index is -0.509. The van der Waals surface area contributed by atoms with Gasteiger partial charge in [-0.25, -0.2) is 0 Å². The van der Waals surface area contributed by atoms with E-state index in [2.05, 4.69) is 0 Å². The summed E-state index contributed by atoms with van der Waals surface area (Å²) >= 11 is 0. The molecule has 1 aliphatic rings. The zero-order valence-electron chi connectivity index (χ0n) is 14.0. The van der Waals surface area contributed by atoms with Crippen LogP contribution in [0.5, 0.6) is 0 Å². The monoisotopic (exact) mass is 358 g/mol. The van der Waals surface area contributed by atoms with Crippen LogP contribution in [0.15, 0.2) is 41.0 Å². The first-order valence-corrected chi connectivity index (χ1v) is 8.10. The van der Waals surface area contributed by atoms with E-state index in [1.54, 1.807) is 15.9 Å². The Bertz CT molecular complexity index is 822. The minimum Gasteiger partial charge on any atom is -0.467 e. The van der Waals surface area contributed by atoms with Gasteiger partial charge in [0.2, 0.25) is 0 Å². The molecule has 0 unspecified atom stereocenters. The van der Waals surface area contributed by atoms with Crippen LogP contribution in [0, 0.1) is 10.1 Å². The number of nitrogens with two attached hydrogens (primary N) is 1. The fourth-order valence-corrected chi connectivity index (χ4v) is 2.80. The van der Waals surface area contributed by atoms with E-state index < -0.39 is 4.92 Å². The van der Waals surface area contributed by atoms with Gasteiger partial charge in [0.15, 0.2) is 0 Å². The normalized spacial score (nSPS) is 14.3. The Morgan fingerprint density at radius 2 is 1.58 bits per heavy atom. The largest absolute Gasteiger partial charge is 0.467 e. The topological polar surface area (TPSA) is 123 Å². The van der Waals surface area contributed by atoms with Crippen molar-refractivity contribution in [1.82, 2.24) is 9.80 Å². The smallest absolute Gasteiger partial charge is 0.269 e. The van der Waals surface area contributed by atoms with Crippen molar-refractivity contribution in [2.45, 2.75) is 6.54 Å². The van der Waals surface area contributed by atoms with Gasteiger partial charge in [0.05, 0.1) is 17.0 Å². The number of nitrogens with zero attached hydrogens (tertiary/aromatic N) is 3. The molecule has 0 spiro atoms. The Kier molecular flexibility index (Phi) is 4.99. The molecule has 0 aliphatic carbocycles. The molecule has 1 fully saturated rings. The maximum absolute atomic E-state index is 12.5. The first-order chi connectivity index (χ1) is 12.5. The number of carbonyl (C=O) groups is 2. The summed E-state index contributed by atoms with van der Waals surface area (Å²) in [5.74, 6) is 0.178. The molecule has 136 valence electrons. The van der Waals surface area contributed by atoms with Gasteiger partial charge in [-0.1, -0.05) is 0 Å². The number of benzene rings is 1. The van der Waals surface area contributed by atoms with E-state index in [9.17, 15) is 19.7 Å². The number of hydrogen-bond donors (Lipinski definition) is 1. The van der Waals surface area contributed by atoms with Crippen molar-refractivity contribution in [2.75, 3.05) is 26.2 Å². The van der Waals surface area contributed by atoms with Crippen molar-refractivity contribution in [3.8, 4) is 0 Å². The molecule has 2 heterocycles. The van der Waals surface area contributed by atoms with Gasteiger partial charge in [-0.05, 0) is 18.2 Å². The lowest BCUT2D eigenvalue weighted by atomic mass is 10.1. The molecule has 26 heavy (non-hydrogen) atoms. The number of non-ortho nitro benzene ring substituents is 1. The summed E-state index contributed by atoms with van der Waals surface area (Å²) in [6.07, 6.45) is 1.39. The van der Waals surface area contributed by atoms with Crippen LogP contribution < -0.4 is 5.73 Å². The Morgan fingerprint density at radius 1 is 1.04 bits per heavy atom. The fraction of sp³-hybridized carbons (Fsp3) is 0.294. The highest BCUT2D eigenvalue weighted by molar-refractivity contribution is 5.96. The fourth-order valence-electron chi connectivity index (χ4n) is 2.80. The zero-order chi connectivity index (χ0) is 18.7. The second-order valence-corrected chi connectivity index (χ2v) is 5.89. The second kappa shape index (κ2) is 7.36. The van der Waals surface area contributed by atoms with Crippen LogP contribution >= 0.6 is 0 Å². The molecule has 0 bridgehead atoms. The number of piperazine rings is 1. The number of furan rings is 1. The lowest BCUT2D eigenvalue weighted by Gasteiger charge is -2.34. The molecule has 2 amide bonds. The minimum absolute atomic E-state index is 0.0612. The lowest BCUT2D eigenvalue weighted by molar-refractivity contribution is -0.384. The number of carbonyl (C=O) groups excluding carboxylic acids is 2. The highest BCUT2D eigenvalue weighted by Crippen LogP contribution is 2.16. The van der Waals surface area contributed by atoms with Gasteiger partial charge >= 0.3 is 0 Å². The summed E-state index contributed by atoms with van der Waals surface area (Å²) < 4.78 is 5.18. The maximum atomic E-state index is 12.5. The van der Waals surface area contributed by atoms with Gasteiger partial charge in [-0.15, -0.1) is 0 Å². The van der Waals surface area contributed by atoms with Crippen molar-refractivity contribution in [1.29, 1.82) is 0 Å². The molecule has 1 saturated heterocycles. The quantitative estimate of drug-likeness (QED) is 0.648. The number of amides is 2. The van der Waals surface area contributed by atoms with E-state index in [1.165, 1.54) is 30.5 Å². The summed E-state index contributed by atoms with van der Waals surface area (Å²) in [4.78, 5) is 38.4. The van der Waals surface area contributed by atoms with Crippen LogP contribution in [-0.2, 0) is 6.54 Å². The van der Waals surface area contributed by atoms with E-state index in [4.69, 9.17) is 10.2 Å². The Morgan fingerprint density at radius 3 is 2.04 bits per heavy atom. The highest BCUT2D eigenvalue weighted by atomic mass is 16.6. The van der Waals surface area contributed by atoms with Gasteiger partial charge in [-0.3, -0.25) is 19.7 Å². The standard InChI is InChI=1S/C17H18N4O5/c18-10-15-9-13(11-26-15)17(23)20-7-5-19(6-8-20)16(22)12-1-3-14(4-2-12)21(24)25/h1-4,9,11H,5-8,10,18H2. The lowest BCUT2D eigenvalue weighted by Crippen LogP contribution is -2.50.